The number of nitrogens with two attached hydrogens (primary N) is 1. The van der Waals surface area contributed by atoms with Crippen LogP contribution in [0, 0.1) is 5.82 Å². The Hall–Kier alpha value is -0.840. The first-order valence-electron chi connectivity index (χ1n) is 5.62. The predicted octanol–water partition coefficient (Wildman–Crippen LogP) is 2.36. The molecule has 1 aliphatic heterocycles. The average Bonchev–Trinajstić information content (AvgIpc) is 2.79. The average molecular weight is 260 g/mol. The smallest absolute Gasteiger partial charge is 0.145 e. The van der Waals surface area contributed by atoms with Crippen molar-refractivity contribution in [2.24, 2.45) is 5.73 Å². The first kappa shape index (κ1) is 12.6. The van der Waals surface area contributed by atoms with Crippen LogP contribution in [0.15, 0.2) is 18.2 Å². The van der Waals surface area contributed by atoms with Crippen molar-refractivity contribution in [2.75, 3.05) is 13.2 Å². The van der Waals surface area contributed by atoms with Gasteiger partial charge in [0.05, 0.1) is 17.2 Å². The summed E-state index contributed by atoms with van der Waals surface area (Å²) in [6.07, 6.45) is 2.06. The van der Waals surface area contributed by atoms with Crippen molar-refractivity contribution in [3.05, 3.63) is 29.0 Å². The minimum absolute atomic E-state index is 0.0438. The van der Waals surface area contributed by atoms with E-state index in [1.54, 1.807) is 6.07 Å². The third-order valence-corrected chi connectivity index (χ3v) is 3.09. The van der Waals surface area contributed by atoms with Crippen molar-refractivity contribution in [3.63, 3.8) is 0 Å². The first-order valence-corrected chi connectivity index (χ1v) is 6.00. The van der Waals surface area contributed by atoms with Crippen LogP contribution >= 0.6 is 11.6 Å². The second-order valence-corrected chi connectivity index (χ2v) is 4.49. The van der Waals surface area contributed by atoms with Gasteiger partial charge in [-0.3, -0.25) is 0 Å². The lowest BCUT2D eigenvalue weighted by Gasteiger charge is -2.13. The molecule has 1 heterocycles. The Morgan fingerprint density at radius 3 is 2.82 bits per heavy atom. The van der Waals surface area contributed by atoms with E-state index in [0.29, 0.717) is 18.9 Å². The molecule has 1 aromatic carbocycles. The summed E-state index contributed by atoms with van der Waals surface area (Å²) in [6, 6.07) is 4.39. The van der Waals surface area contributed by atoms with E-state index in [9.17, 15) is 4.39 Å². The van der Waals surface area contributed by atoms with Gasteiger partial charge >= 0.3 is 0 Å². The number of hydrogen-bond acceptors (Lipinski definition) is 3. The van der Waals surface area contributed by atoms with E-state index in [2.05, 4.69) is 0 Å². The van der Waals surface area contributed by atoms with Crippen molar-refractivity contribution in [1.29, 1.82) is 0 Å². The predicted molar refractivity (Wildman–Crippen MR) is 63.9 cm³/mol. The molecule has 1 aliphatic rings. The molecule has 1 fully saturated rings. The third-order valence-electron chi connectivity index (χ3n) is 2.79. The summed E-state index contributed by atoms with van der Waals surface area (Å²) < 4.78 is 24.2. The molecular weight excluding hydrogens is 245 g/mol. The molecule has 17 heavy (non-hydrogen) atoms. The van der Waals surface area contributed by atoms with Gasteiger partial charge in [0.15, 0.2) is 0 Å². The van der Waals surface area contributed by atoms with Crippen LogP contribution in [-0.2, 0) is 4.74 Å². The third kappa shape index (κ3) is 3.31. The molecule has 0 aliphatic carbocycles. The van der Waals surface area contributed by atoms with Crippen molar-refractivity contribution >= 4 is 11.6 Å². The number of ether oxygens (including phenoxy) is 2. The molecule has 0 saturated carbocycles. The Kier molecular flexibility index (Phi) is 4.20. The van der Waals surface area contributed by atoms with Gasteiger partial charge in [0, 0.05) is 12.6 Å². The molecule has 0 spiro atoms. The van der Waals surface area contributed by atoms with Gasteiger partial charge in [-0.05, 0) is 25.0 Å². The Bertz CT molecular complexity index is 389. The van der Waals surface area contributed by atoms with Crippen LogP contribution in [0.2, 0.25) is 5.02 Å². The maximum absolute atomic E-state index is 13.1. The fraction of sp³-hybridized carbons (Fsp3) is 0.500. The van der Waals surface area contributed by atoms with Crippen molar-refractivity contribution < 1.29 is 13.9 Å². The first-order chi connectivity index (χ1) is 8.19. The maximum atomic E-state index is 13.1. The van der Waals surface area contributed by atoms with Crippen molar-refractivity contribution in [2.45, 2.75) is 25.0 Å². The second kappa shape index (κ2) is 5.67. The minimum Gasteiger partial charge on any atom is -0.491 e. The summed E-state index contributed by atoms with van der Waals surface area (Å²) in [5.74, 6) is -0.0111. The van der Waals surface area contributed by atoms with Gasteiger partial charge in [0.2, 0.25) is 0 Å². The van der Waals surface area contributed by atoms with Gasteiger partial charge < -0.3 is 15.2 Å². The monoisotopic (exact) mass is 259 g/mol. The highest BCUT2D eigenvalue weighted by atomic mass is 35.5. The van der Waals surface area contributed by atoms with Gasteiger partial charge in [-0.1, -0.05) is 11.6 Å². The van der Waals surface area contributed by atoms with Gasteiger partial charge in [0.25, 0.3) is 0 Å². The van der Waals surface area contributed by atoms with Crippen LogP contribution < -0.4 is 10.5 Å². The molecule has 2 N–H and O–H groups in total. The molecule has 2 rings (SSSR count). The van der Waals surface area contributed by atoms with E-state index < -0.39 is 5.82 Å². The van der Waals surface area contributed by atoms with Crippen LogP contribution in [0.4, 0.5) is 4.39 Å². The molecule has 94 valence electrons. The topological polar surface area (TPSA) is 44.5 Å². The van der Waals surface area contributed by atoms with Gasteiger partial charge in [-0.25, -0.2) is 4.39 Å². The Labute approximate surface area is 105 Å². The highest BCUT2D eigenvalue weighted by Crippen LogP contribution is 2.23. The Morgan fingerprint density at radius 2 is 2.18 bits per heavy atom. The number of hydrogen-bond donors (Lipinski definition) is 1. The fourth-order valence-corrected chi connectivity index (χ4v) is 1.95. The maximum Gasteiger partial charge on any atom is 0.145 e. The highest BCUT2D eigenvalue weighted by molar-refractivity contribution is 6.30. The van der Waals surface area contributed by atoms with Gasteiger partial charge in [-0.15, -0.1) is 0 Å². The molecule has 0 radical (unpaired) electrons. The van der Waals surface area contributed by atoms with E-state index in [0.717, 1.165) is 12.8 Å². The van der Waals surface area contributed by atoms with Crippen molar-refractivity contribution in [3.8, 4) is 5.75 Å². The Balaban J connectivity index is 1.84. The molecule has 3 nitrogen and oxygen atoms in total. The quantitative estimate of drug-likeness (QED) is 0.903. The summed E-state index contributed by atoms with van der Waals surface area (Å²) in [7, 11) is 0. The molecule has 0 aromatic heterocycles. The summed E-state index contributed by atoms with van der Waals surface area (Å²) >= 11 is 5.58. The van der Waals surface area contributed by atoms with E-state index in [-0.39, 0.29) is 17.2 Å². The van der Waals surface area contributed by atoms with Crippen LogP contribution in [0.3, 0.4) is 0 Å². The zero-order valence-corrected chi connectivity index (χ0v) is 10.1. The lowest BCUT2D eigenvalue weighted by atomic mass is 10.2. The molecular formula is C12H15ClFNO2. The fourth-order valence-electron chi connectivity index (χ4n) is 1.83. The number of benzene rings is 1. The molecule has 5 heteroatoms. The molecule has 2 atom stereocenters. The van der Waals surface area contributed by atoms with Gasteiger partial charge in [-0.2, -0.15) is 0 Å². The second-order valence-electron chi connectivity index (χ2n) is 4.08. The van der Waals surface area contributed by atoms with E-state index in [4.69, 9.17) is 26.8 Å². The Morgan fingerprint density at radius 1 is 1.41 bits per heavy atom. The SMILES string of the molecule is NCC1CCC(COc2ccc(Cl)c(F)c2)O1. The zero-order chi connectivity index (χ0) is 12.3. The molecule has 1 aromatic rings. The van der Waals surface area contributed by atoms with E-state index in [1.807, 2.05) is 0 Å². The summed E-state index contributed by atoms with van der Waals surface area (Å²) in [5, 5.41) is 0.0951. The van der Waals surface area contributed by atoms with Crippen LogP contribution in [-0.4, -0.2) is 25.4 Å². The molecule has 1 saturated heterocycles. The van der Waals surface area contributed by atoms with Crippen LogP contribution in [0.25, 0.3) is 0 Å². The zero-order valence-electron chi connectivity index (χ0n) is 9.36. The minimum atomic E-state index is -0.476. The van der Waals surface area contributed by atoms with Crippen LogP contribution in [0.5, 0.6) is 5.75 Å². The highest BCUT2D eigenvalue weighted by Gasteiger charge is 2.24. The molecule has 0 bridgehead atoms. The van der Waals surface area contributed by atoms with Crippen LogP contribution in [0.1, 0.15) is 12.8 Å². The van der Waals surface area contributed by atoms with Gasteiger partial charge in [0.1, 0.15) is 18.2 Å². The normalized spacial score (nSPS) is 23.9. The lowest BCUT2D eigenvalue weighted by molar-refractivity contribution is 0.0221. The number of halogens is 2. The summed E-state index contributed by atoms with van der Waals surface area (Å²) in [5.41, 5.74) is 5.51. The largest absolute Gasteiger partial charge is 0.491 e. The summed E-state index contributed by atoms with van der Waals surface area (Å²) in [6.45, 7) is 0.948. The molecule has 0 amide bonds. The van der Waals surface area contributed by atoms with E-state index >= 15 is 0 Å². The standard InChI is InChI=1S/C12H15ClFNO2/c13-11-4-3-8(5-12(11)14)16-7-10-2-1-9(6-15)17-10/h3-5,9-10H,1-2,6-7,15H2. The molecule has 2 unspecified atom stereocenters. The van der Waals surface area contributed by atoms with E-state index in [1.165, 1.54) is 12.1 Å². The lowest BCUT2D eigenvalue weighted by Crippen LogP contribution is -2.23. The summed E-state index contributed by atoms with van der Waals surface area (Å²) in [4.78, 5) is 0. The van der Waals surface area contributed by atoms with Crippen molar-refractivity contribution in [1.82, 2.24) is 0 Å². The number of rotatable bonds is 4.